The Morgan fingerprint density at radius 1 is 1.44 bits per heavy atom. The van der Waals surface area contributed by atoms with Crippen molar-refractivity contribution in [3.8, 4) is 0 Å². The van der Waals surface area contributed by atoms with Crippen LogP contribution in [0.15, 0.2) is 24.3 Å². The minimum atomic E-state index is -0.117. The number of nitrogens with one attached hydrogen (secondary N) is 2. The van der Waals surface area contributed by atoms with Gasteiger partial charge in [-0.15, -0.1) is 0 Å². The molecule has 4 heteroatoms. The van der Waals surface area contributed by atoms with Crippen molar-refractivity contribution >= 4 is 6.03 Å². The van der Waals surface area contributed by atoms with E-state index < -0.39 is 0 Å². The summed E-state index contributed by atoms with van der Waals surface area (Å²) in [6.07, 6.45) is 3.24. The molecule has 0 bridgehead atoms. The van der Waals surface area contributed by atoms with Crippen molar-refractivity contribution in [3.05, 3.63) is 35.4 Å². The van der Waals surface area contributed by atoms with Crippen LogP contribution in [-0.2, 0) is 11.2 Å². The summed E-state index contributed by atoms with van der Waals surface area (Å²) in [6, 6.07) is 8.36. The predicted octanol–water partition coefficient (Wildman–Crippen LogP) is 2.01. The lowest BCUT2D eigenvalue weighted by molar-refractivity contribution is 0.194. The van der Waals surface area contributed by atoms with E-state index in [0.29, 0.717) is 13.2 Å². The molecule has 98 valence electrons. The molecule has 0 aliphatic heterocycles. The number of aryl methyl sites for hydroxylation is 1. The highest BCUT2D eigenvalue weighted by Gasteiger charge is 2.20. The van der Waals surface area contributed by atoms with Gasteiger partial charge in [-0.05, 0) is 30.4 Å². The fraction of sp³-hybridized carbons (Fsp3) is 0.500. The Bertz CT molecular complexity index is 407. The zero-order valence-electron chi connectivity index (χ0n) is 10.7. The van der Waals surface area contributed by atoms with Crippen LogP contribution in [-0.4, -0.2) is 26.3 Å². The normalized spacial score (nSPS) is 17.9. The maximum Gasteiger partial charge on any atom is 0.315 e. The van der Waals surface area contributed by atoms with Crippen LogP contribution in [0.25, 0.3) is 0 Å². The van der Waals surface area contributed by atoms with Gasteiger partial charge >= 0.3 is 6.03 Å². The van der Waals surface area contributed by atoms with Gasteiger partial charge in [-0.1, -0.05) is 24.3 Å². The highest BCUT2D eigenvalue weighted by molar-refractivity contribution is 5.74. The molecule has 1 atom stereocenters. The van der Waals surface area contributed by atoms with Gasteiger partial charge in [-0.3, -0.25) is 0 Å². The van der Waals surface area contributed by atoms with Crippen molar-refractivity contribution in [2.24, 2.45) is 0 Å². The highest BCUT2D eigenvalue weighted by Crippen LogP contribution is 2.29. The summed E-state index contributed by atoms with van der Waals surface area (Å²) in [5, 5.41) is 5.81. The number of rotatable bonds is 4. The summed E-state index contributed by atoms with van der Waals surface area (Å²) < 4.78 is 4.90. The van der Waals surface area contributed by atoms with Gasteiger partial charge in [0, 0.05) is 13.7 Å². The van der Waals surface area contributed by atoms with E-state index in [4.69, 9.17) is 4.74 Å². The molecule has 4 nitrogen and oxygen atoms in total. The van der Waals surface area contributed by atoms with Crippen LogP contribution in [0.5, 0.6) is 0 Å². The fourth-order valence-corrected chi connectivity index (χ4v) is 2.38. The monoisotopic (exact) mass is 248 g/mol. The molecule has 1 aromatic rings. The Kier molecular flexibility index (Phi) is 4.59. The molecule has 2 N–H and O–H groups in total. The number of benzene rings is 1. The van der Waals surface area contributed by atoms with E-state index in [-0.39, 0.29) is 12.1 Å². The zero-order valence-corrected chi connectivity index (χ0v) is 10.7. The van der Waals surface area contributed by atoms with Gasteiger partial charge in [0.05, 0.1) is 12.6 Å². The minimum absolute atomic E-state index is 0.117. The molecule has 0 heterocycles. The Morgan fingerprint density at radius 2 is 2.28 bits per heavy atom. The van der Waals surface area contributed by atoms with Crippen LogP contribution in [0.4, 0.5) is 4.79 Å². The number of fused-ring (bicyclic) bond motifs is 1. The molecule has 2 amide bonds. The molecule has 0 spiro atoms. The van der Waals surface area contributed by atoms with Gasteiger partial charge in [0.2, 0.25) is 0 Å². The number of carbonyl (C=O) groups excluding carboxylic acids is 1. The summed E-state index contributed by atoms with van der Waals surface area (Å²) >= 11 is 0. The molecule has 2 rings (SSSR count). The number of hydrogen-bond acceptors (Lipinski definition) is 2. The van der Waals surface area contributed by atoms with E-state index in [9.17, 15) is 4.79 Å². The summed E-state index contributed by atoms with van der Waals surface area (Å²) in [4.78, 5) is 11.7. The van der Waals surface area contributed by atoms with Gasteiger partial charge in [0.25, 0.3) is 0 Å². The predicted molar refractivity (Wildman–Crippen MR) is 70.5 cm³/mol. The smallest absolute Gasteiger partial charge is 0.315 e. The maximum absolute atomic E-state index is 11.7. The lowest BCUT2D eigenvalue weighted by Crippen LogP contribution is -2.40. The second-order valence-corrected chi connectivity index (χ2v) is 4.54. The molecule has 1 aliphatic carbocycles. The Labute approximate surface area is 108 Å². The maximum atomic E-state index is 11.7. The van der Waals surface area contributed by atoms with E-state index in [1.165, 1.54) is 11.1 Å². The largest absolute Gasteiger partial charge is 0.383 e. The third-order valence-corrected chi connectivity index (χ3v) is 3.27. The van der Waals surface area contributed by atoms with Gasteiger partial charge in [-0.25, -0.2) is 4.79 Å². The molecular formula is C14H20N2O2. The quantitative estimate of drug-likeness (QED) is 0.801. The molecule has 18 heavy (non-hydrogen) atoms. The number of carbonyl (C=O) groups is 1. The molecule has 1 aromatic carbocycles. The highest BCUT2D eigenvalue weighted by atomic mass is 16.5. The summed E-state index contributed by atoms with van der Waals surface area (Å²) in [6.45, 7) is 1.07. The molecule has 1 unspecified atom stereocenters. The van der Waals surface area contributed by atoms with E-state index >= 15 is 0 Å². The third-order valence-electron chi connectivity index (χ3n) is 3.27. The van der Waals surface area contributed by atoms with Crippen LogP contribution >= 0.6 is 0 Å². The van der Waals surface area contributed by atoms with Crippen molar-refractivity contribution < 1.29 is 9.53 Å². The lowest BCUT2D eigenvalue weighted by atomic mass is 9.88. The SMILES string of the molecule is COCCNC(=O)NC1CCCc2ccccc21. The molecule has 0 saturated heterocycles. The standard InChI is InChI=1S/C14H20N2O2/c1-18-10-9-15-14(17)16-13-8-4-6-11-5-2-3-7-12(11)13/h2-3,5,7,13H,4,6,8-10H2,1H3,(H2,15,16,17). The molecule has 0 saturated carbocycles. The Balaban J connectivity index is 1.92. The molecule has 1 aliphatic rings. The van der Waals surface area contributed by atoms with Crippen LogP contribution in [0.3, 0.4) is 0 Å². The third kappa shape index (κ3) is 3.23. The van der Waals surface area contributed by atoms with E-state index in [2.05, 4.69) is 28.8 Å². The van der Waals surface area contributed by atoms with Crippen LogP contribution < -0.4 is 10.6 Å². The molecule has 0 radical (unpaired) electrons. The van der Waals surface area contributed by atoms with Crippen molar-refractivity contribution in [1.82, 2.24) is 10.6 Å². The number of urea groups is 1. The molecule has 0 fully saturated rings. The van der Waals surface area contributed by atoms with Crippen molar-refractivity contribution in [3.63, 3.8) is 0 Å². The van der Waals surface area contributed by atoms with E-state index in [1.807, 2.05) is 6.07 Å². The number of methoxy groups -OCH3 is 1. The summed E-state index contributed by atoms with van der Waals surface area (Å²) in [5.74, 6) is 0. The van der Waals surface area contributed by atoms with Gasteiger partial charge < -0.3 is 15.4 Å². The van der Waals surface area contributed by atoms with Gasteiger partial charge in [0.1, 0.15) is 0 Å². The van der Waals surface area contributed by atoms with E-state index in [1.54, 1.807) is 7.11 Å². The first-order valence-corrected chi connectivity index (χ1v) is 6.42. The second-order valence-electron chi connectivity index (χ2n) is 4.54. The van der Waals surface area contributed by atoms with Crippen LogP contribution in [0, 0.1) is 0 Å². The first-order valence-electron chi connectivity index (χ1n) is 6.42. The second kappa shape index (κ2) is 6.40. The lowest BCUT2D eigenvalue weighted by Gasteiger charge is -2.26. The summed E-state index contributed by atoms with van der Waals surface area (Å²) in [7, 11) is 1.62. The van der Waals surface area contributed by atoms with Crippen molar-refractivity contribution in [2.45, 2.75) is 25.3 Å². The van der Waals surface area contributed by atoms with Gasteiger partial charge in [0.15, 0.2) is 0 Å². The zero-order chi connectivity index (χ0) is 12.8. The Hall–Kier alpha value is -1.55. The fourth-order valence-electron chi connectivity index (χ4n) is 2.38. The van der Waals surface area contributed by atoms with Crippen molar-refractivity contribution in [2.75, 3.05) is 20.3 Å². The van der Waals surface area contributed by atoms with E-state index in [0.717, 1.165) is 19.3 Å². The molecule has 0 aromatic heterocycles. The van der Waals surface area contributed by atoms with Gasteiger partial charge in [-0.2, -0.15) is 0 Å². The van der Waals surface area contributed by atoms with Crippen LogP contribution in [0.2, 0.25) is 0 Å². The number of hydrogen-bond donors (Lipinski definition) is 2. The van der Waals surface area contributed by atoms with Crippen molar-refractivity contribution in [1.29, 1.82) is 0 Å². The Morgan fingerprint density at radius 3 is 3.11 bits per heavy atom. The number of amides is 2. The summed E-state index contributed by atoms with van der Waals surface area (Å²) in [5.41, 5.74) is 2.61. The minimum Gasteiger partial charge on any atom is -0.383 e. The average Bonchev–Trinajstić information content (AvgIpc) is 2.39. The topological polar surface area (TPSA) is 50.4 Å². The number of ether oxygens (including phenoxy) is 1. The first kappa shape index (κ1) is 12.9. The first-order chi connectivity index (χ1) is 8.81. The van der Waals surface area contributed by atoms with Crippen LogP contribution in [0.1, 0.15) is 30.0 Å². The average molecular weight is 248 g/mol. The molecular weight excluding hydrogens is 228 g/mol.